The predicted molar refractivity (Wildman–Crippen MR) is 94.9 cm³/mol. The highest BCUT2D eigenvalue weighted by molar-refractivity contribution is 5.95. The maximum Gasteiger partial charge on any atom is 0.310 e. The molecule has 25 heavy (non-hydrogen) atoms. The van der Waals surface area contributed by atoms with Crippen LogP contribution in [0.1, 0.15) is 31.2 Å². The van der Waals surface area contributed by atoms with Crippen LogP contribution in [0, 0.1) is 12.3 Å². The molecule has 0 bridgehead atoms. The normalized spacial score (nSPS) is 15.1. The average molecular weight is 339 g/mol. The van der Waals surface area contributed by atoms with Gasteiger partial charge in [0.05, 0.1) is 11.1 Å². The van der Waals surface area contributed by atoms with Crippen molar-refractivity contribution in [2.75, 3.05) is 5.32 Å². The van der Waals surface area contributed by atoms with Gasteiger partial charge in [-0.15, -0.1) is 0 Å². The second-order valence-electron chi connectivity index (χ2n) is 6.58. The molecule has 0 aliphatic heterocycles. The molecule has 0 saturated heterocycles. The number of carbonyl (C=O) groups is 2. The molecule has 2 N–H and O–H groups in total. The van der Waals surface area contributed by atoms with E-state index in [1.807, 2.05) is 37.3 Å². The molecule has 130 valence electrons. The van der Waals surface area contributed by atoms with Gasteiger partial charge >= 0.3 is 5.97 Å². The Balaban J connectivity index is 1.72. The van der Waals surface area contributed by atoms with E-state index in [9.17, 15) is 14.7 Å². The van der Waals surface area contributed by atoms with Crippen molar-refractivity contribution in [3.63, 3.8) is 0 Å². The molecular formula is C20H21NO4. The van der Waals surface area contributed by atoms with E-state index < -0.39 is 11.4 Å². The zero-order valence-electron chi connectivity index (χ0n) is 14.1. The van der Waals surface area contributed by atoms with Gasteiger partial charge < -0.3 is 15.2 Å². The molecule has 1 aliphatic rings. The van der Waals surface area contributed by atoms with Crippen LogP contribution in [0.4, 0.5) is 5.69 Å². The molecule has 0 heterocycles. The van der Waals surface area contributed by atoms with Crippen LogP contribution in [0.5, 0.6) is 11.5 Å². The third kappa shape index (κ3) is 3.82. The first-order chi connectivity index (χ1) is 12.0. The summed E-state index contributed by atoms with van der Waals surface area (Å²) in [6, 6.07) is 14.8. The van der Waals surface area contributed by atoms with Crippen molar-refractivity contribution in [3.05, 3.63) is 54.1 Å². The Hall–Kier alpha value is -2.82. The quantitative estimate of drug-likeness (QED) is 0.819. The summed E-state index contributed by atoms with van der Waals surface area (Å²) in [4.78, 5) is 23.8. The molecule has 1 saturated carbocycles. The Morgan fingerprint density at radius 3 is 2.56 bits per heavy atom. The summed E-state index contributed by atoms with van der Waals surface area (Å²) in [5.41, 5.74) is 0.706. The number of nitrogens with one attached hydrogen (secondary N) is 1. The van der Waals surface area contributed by atoms with E-state index in [1.165, 1.54) is 0 Å². The Bertz CT molecular complexity index is 796. The lowest BCUT2D eigenvalue weighted by atomic mass is 9.66. The van der Waals surface area contributed by atoms with Gasteiger partial charge in [-0.3, -0.25) is 9.59 Å². The lowest BCUT2D eigenvalue weighted by Gasteiger charge is -2.36. The topological polar surface area (TPSA) is 75.6 Å². The van der Waals surface area contributed by atoms with Crippen LogP contribution in [0.25, 0.3) is 0 Å². The first-order valence-electron chi connectivity index (χ1n) is 8.35. The number of rotatable bonds is 6. The van der Waals surface area contributed by atoms with Gasteiger partial charge in [-0.25, -0.2) is 0 Å². The number of hydrogen-bond acceptors (Lipinski definition) is 3. The maximum absolute atomic E-state index is 12.4. The Labute approximate surface area is 146 Å². The lowest BCUT2D eigenvalue weighted by Crippen LogP contribution is -2.41. The van der Waals surface area contributed by atoms with Crippen molar-refractivity contribution < 1.29 is 19.4 Å². The van der Waals surface area contributed by atoms with Gasteiger partial charge in [0.15, 0.2) is 5.75 Å². The second-order valence-corrected chi connectivity index (χ2v) is 6.58. The summed E-state index contributed by atoms with van der Waals surface area (Å²) in [7, 11) is 0. The van der Waals surface area contributed by atoms with Crippen LogP contribution < -0.4 is 10.1 Å². The number of para-hydroxylation sites is 2. The van der Waals surface area contributed by atoms with Crippen molar-refractivity contribution in [2.45, 2.75) is 32.6 Å². The zero-order valence-corrected chi connectivity index (χ0v) is 14.1. The van der Waals surface area contributed by atoms with E-state index >= 15 is 0 Å². The summed E-state index contributed by atoms with van der Waals surface area (Å²) in [6.07, 6.45) is 1.95. The minimum atomic E-state index is -0.906. The number of aryl methyl sites for hydroxylation is 1. The highest BCUT2D eigenvalue weighted by Gasteiger charge is 2.45. The predicted octanol–water partition coefficient (Wildman–Crippen LogP) is 4.37. The molecule has 2 aromatic carbocycles. The molecule has 0 spiro atoms. The maximum atomic E-state index is 12.4. The van der Waals surface area contributed by atoms with Gasteiger partial charge in [-0.05, 0) is 49.6 Å². The minimum Gasteiger partial charge on any atom is -0.481 e. The molecule has 5 heteroatoms. The van der Waals surface area contributed by atoms with Crippen molar-refractivity contribution >= 4 is 17.6 Å². The number of anilines is 1. The summed E-state index contributed by atoms with van der Waals surface area (Å²) in [6.45, 7) is 1.98. The van der Waals surface area contributed by atoms with E-state index in [1.54, 1.807) is 18.2 Å². The number of carbonyl (C=O) groups excluding carboxylic acids is 1. The van der Waals surface area contributed by atoms with Crippen LogP contribution in [-0.4, -0.2) is 17.0 Å². The molecule has 0 unspecified atom stereocenters. The fourth-order valence-electron chi connectivity index (χ4n) is 3.04. The number of hydrogen-bond donors (Lipinski definition) is 2. The molecule has 1 amide bonds. The fraction of sp³-hybridized carbons (Fsp3) is 0.300. The van der Waals surface area contributed by atoms with Crippen LogP contribution in [-0.2, 0) is 9.59 Å². The SMILES string of the molecule is Cc1cccc(Oc2ccccc2NC(=O)CC2(C(=O)O)CCC2)c1. The van der Waals surface area contributed by atoms with Crippen molar-refractivity contribution in [1.29, 1.82) is 0 Å². The van der Waals surface area contributed by atoms with E-state index in [4.69, 9.17) is 4.74 Å². The summed E-state index contributed by atoms with van der Waals surface area (Å²) < 4.78 is 5.88. The molecular weight excluding hydrogens is 318 g/mol. The molecule has 3 rings (SSSR count). The van der Waals surface area contributed by atoms with Gasteiger partial charge in [-0.2, -0.15) is 0 Å². The molecule has 0 radical (unpaired) electrons. The Morgan fingerprint density at radius 1 is 1.16 bits per heavy atom. The van der Waals surface area contributed by atoms with E-state index in [0.29, 0.717) is 30.0 Å². The zero-order chi connectivity index (χ0) is 17.9. The minimum absolute atomic E-state index is 0.0128. The van der Waals surface area contributed by atoms with Crippen molar-refractivity contribution in [3.8, 4) is 11.5 Å². The number of aliphatic carboxylic acids is 1. The number of carboxylic acids is 1. The molecule has 2 aromatic rings. The smallest absolute Gasteiger partial charge is 0.310 e. The summed E-state index contributed by atoms with van der Waals surface area (Å²) in [5.74, 6) is 0.0164. The number of benzene rings is 2. The van der Waals surface area contributed by atoms with Gasteiger partial charge in [0, 0.05) is 6.42 Å². The summed E-state index contributed by atoms with van der Waals surface area (Å²) >= 11 is 0. The number of ether oxygens (including phenoxy) is 1. The lowest BCUT2D eigenvalue weighted by molar-refractivity contribution is -0.157. The van der Waals surface area contributed by atoms with Crippen LogP contribution >= 0.6 is 0 Å². The Morgan fingerprint density at radius 2 is 1.92 bits per heavy atom. The molecule has 1 aliphatic carbocycles. The van der Waals surface area contributed by atoms with Crippen molar-refractivity contribution in [1.82, 2.24) is 0 Å². The summed E-state index contributed by atoms with van der Waals surface area (Å²) in [5, 5.41) is 12.2. The molecule has 5 nitrogen and oxygen atoms in total. The highest BCUT2D eigenvalue weighted by atomic mass is 16.5. The van der Waals surface area contributed by atoms with Gasteiger partial charge in [0.2, 0.25) is 5.91 Å². The fourth-order valence-corrected chi connectivity index (χ4v) is 3.04. The Kier molecular flexibility index (Phi) is 4.74. The molecule has 1 fully saturated rings. The number of amides is 1. The first kappa shape index (κ1) is 17.0. The van der Waals surface area contributed by atoms with E-state index in [0.717, 1.165) is 12.0 Å². The molecule has 0 aromatic heterocycles. The number of carboxylic acid groups (broad SMARTS) is 1. The van der Waals surface area contributed by atoms with Gasteiger partial charge in [0.25, 0.3) is 0 Å². The third-order valence-corrected chi connectivity index (χ3v) is 4.64. The third-order valence-electron chi connectivity index (χ3n) is 4.64. The highest BCUT2D eigenvalue weighted by Crippen LogP contribution is 2.44. The monoisotopic (exact) mass is 339 g/mol. The average Bonchev–Trinajstić information content (AvgIpc) is 2.52. The standard InChI is InChI=1S/C20H21NO4/c1-14-6-4-7-15(12-14)25-17-9-3-2-8-16(17)21-18(22)13-20(19(23)24)10-5-11-20/h2-4,6-9,12H,5,10-11,13H2,1H3,(H,21,22)(H,23,24). The van der Waals surface area contributed by atoms with Gasteiger partial charge in [-0.1, -0.05) is 30.7 Å². The van der Waals surface area contributed by atoms with Crippen LogP contribution in [0.2, 0.25) is 0 Å². The van der Waals surface area contributed by atoms with Crippen molar-refractivity contribution in [2.24, 2.45) is 5.41 Å². The van der Waals surface area contributed by atoms with E-state index in [-0.39, 0.29) is 12.3 Å². The first-order valence-corrected chi connectivity index (χ1v) is 8.35. The van der Waals surface area contributed by atoms with E-state index in [2.05, 4.69) is 5.32 Å². The largest absolute Gasteiger partial charge is 0.481 e. The van der Waals surface area contributed by atoms with Gasteiger partial charge in [0.1, 0.15) is 5.75 Å². The molecule has 0 atom stereocenters. The second kappa shape index (κ2) is 6.97. The van der Waals surface area contributed by atoms with Crippen LogP contribution in [0.15, 0.2) is 48.5 Å². The van der Waals surface area contributed by atoms with Crippen LogP contribution in [0.3, 0.4) is 0 Å².